The molecule has 1 N–H and O–H groups in total. The number of ether oxygens (including phenoxy) is 1. The van der Waals surface area contributed by atoms with E-state index in [2.05, 4.69) is 10.1 Å². The lowest BCUT2D eigenvalue weighted by Crippen LogP contribution is -2.39. The maximum Gasteiger partial charge on any atom is 0.305 e. The van der Waals surface area contributed by atoms with E-state index in [-0.39, 0.29) is 34.6 Å². The maximum absolute atomic E-state index is 12.8. The molecule has 1 saturated heterocycles. The van der Waals surface area contributed by atoms with E-state index in [0.717, 1.165) is 18.9 Å². The number of anilines is 1. The normalized spacial score (nSPS) is 18.1. The summed E-state index contributed by atoms with van der Waals surface area (Å²) < 4.78 is 31.6. The van der Waals surface area contributed by atoms with Gasteiger partial charge in [0.25, 0.3) is 5.69 Å². The summed E-state index contributed by atoms with van der Waals surface area (Å²) in [6, 6.07) is 3.87. The van der Waals surface area contributed by atoms with Crippen LogP contribution in [0, 0.1) is 16.0 Å². The van der Waals surface area contributed by atoms with Gasteiger partial charge in [-0.2, -0.15) is 4.31 Å². The third kappa shape index (κ3) is 5.39. The number of hydrogen-bond donors (Lipinski definition) is 1. The minimum atomic E-state index is -3.77. The van der Waals surface area contributed by atoms with E-state index in [4.69, 9.17) is 0 Å². The van der Waals surface area contributed by atoms with Gasteiger partial charge in [-0.25, -0.2) is 8.42 Å². The van der Waals surface area contributed by atoms with Gasteiger partial charge in [0.05, 0.1) is 16.9 Å². The van der Waals surface area contributed by atoms with Crippen LogP contribution in [0.2, 0.25) is 0 Å². The van der Waals surface area contributed by atoms with Crippen molar-refractivity contribution >= 4 is 27.4 Å². The standard InChI is InChI=1S/C17H25N3O6S/c1-13-5-4-10-19(12-13)27(24,25)14-7-8-15(16(11-14)20(22)23)18-9-3-6-17(21)26-2/h7-8,11,13,18H,3-6,9-10,12H2,1-2H3/t13-/m0/s1. The zero-order valence-corrected chi connectivity index (χ0v) is 16.3. The molecule has 0 unspecified atom stereocenters. The molecule has 0 aromatic heterocycles. The van der Waals surface area contributed by atoms with Gasteiger partial charge < -0.3 is 10.1 Å². The van der Waals surface area contributed by atoms with Crippen LogP contribution in [0.1, 0.15) is 32.6 Å². The van der Waals surface area contributed by atoms with Gasteiger partial charge in [0.1, 0.15) is 5.69 Å². The van der Waals surface area contributed by atoms with Crippen molar-refractivity contribution in [3.63, 3.8) is 0 Å². The highest BCUT2D eigenvalue weighted by Crippen LogP contribution is 2.30. The maximum atomic E-state index is 12.8. The second-order valence-corrected chi connectivity index (χ2v) is 8.59. The Morgan fingerprint density at radius 3 is 2.81 bits per heavy atom. The molecule has 9 nitrogen and oxygen atoms in total. The highest BCUT2D eigenvalue weighted by atomic mass is 32.2. The van der Waals surface area contributed by atoms with E-state index in [1.165, 1.54) is 23.5 Å². The smallest absolute Gasteiger partial charge is 0.305 e. The summed E-state index contributed by atoms with van der Waals surface area (Å²) >= 11 is 0. The molecule has 150 valence electrons. The van der Waals surface area contributed by atoms with Crippen molar-refractivity contribution in [2.24, 2.45) is 5.92 Å². The van der Waals surface area contributed by atoms with Crippen LogP contribution in [0.25, 0.3) is 0 Å². The first-order valence-electron chi connectivity index (χ1n) is 8.85. The summed E-state index contributed by atoms with van der Waals surface area (Å²) in [5, 5.41) is 14.3. The molecule has 1 aromatic carbocycles. The van der Waals surface area contributed by atoms with Gasteiger partial charge in [-0.15, -0.1) is 0 Å². The minimum Gasteiger partial charge on any atom is -0.469 e. The first-order chi connectivity index (χ1) is 12.8. The molecule has 10 heteroatoms. The number of nitrogens with zero attached hydrogens (tertiary/aromatic N) is 2. The molecule has 0 amide bonds. The Morgan fingerprint density at radius 1 is 1.44 bits per heavy atom. The van der Waals surface area contributed by atoms with E-state index in [0.29, 0.717) is 26.1 Å². The summed E-state index contributed by atoms with van der Waals surface area (Å²) in [6.07, 6.45) is 2.38. The van der Waals surface area contributed by atoms with E-state index in [1.807, 2.05) is 6.92 Å². The summed E-state index contributed by atoms with van der Waals surface area (Å²) in [7, 11) is -2.47. The van der Waals surface area contributed by atoms with Gasteiger partial charge >= 0.3 is 5.97 Å². The number of nitro groups is 1. The number of nitro benzene ring substituents is 1. The zero-order chi connectivity index (χ0) is 20.0. The van der Waals surface area contributed by atoms with Crippen molar-refractivity contribution in [2.45, 2.75) is 37.5 Å². The van der Waals surface area contributed by atoms with E-state index in [1.54, 1.807) is 0 Å². The predicted molar refractivity (Wildman–Crippen MR) is 100.0 cm³/mol. The molecule has 1 aromatic rings. The Labute approximate surface area is 158 Å². The highest BCUT2D eigenvalue weighted by molar-refractivity contribution is 7.89. The molecule has 0 saturated carbocycles. The van der Waals surface area contributed by atoms with Crippen LogP contribution in [0.4, 0.5) is 11.4 Å². The largest absolute Gasteiger partial charge is 0.469 e. The topological polar surface area (TPSA) is 119 Å². The molecule has 0 bridgehead atoms. The first-order valence-corrected chi connectivity index (χ1v) is 10.3. The number of carbonyl (C=O) groups excluding carboxylic acids is 1. The molecule has 0 aliphatic carbocycles. The lowest BCUT2D eigenvalue weighted by atomic mass is 10.0. The number of esters is 1. The monoisotopic (exact) mass is 399 g/mol. The van der Waals surface area contributed by atoms with Crippen LogP contribution in [0.5, 0.6) is 0 Å². The van der Waals surface area contributed by atoms with Crippen molar-refractivity contribution in [1.29, 1.82) is 0 Å². The third-order valence-electron chi connectivity index (χ3n) is 4.52. The number of methoxy groups -OCH3 is 1. The van der Waals surface area contributed by atoms with Gasteiger partial charge in [0, 0.05) is 32.1 Å². The van der Waals surface area contributed by atoms with Crippen molar-refractivity contribution in [1.82, 2.24) is 4.31 Å². The molecule has 1 heterocycles. The molecule has 2 rings (SSSR count). The van der Waals surface area contributed by atoms with Gasteiger partial charge in [-0.3, -0.25) is 14.9 Å². The second kappa shape index (κ2) is 9.14. The number of carbonyl (C=O) groups is 1. The Balaban J connectivity index is 2.16. The fourth-order valence-corrected chi connectivity index (χ4v) is 4.66. The Morgan fingerprint density at radius 2 is 2.19 bits per heavy atom. The molecule has 1 aliphatic rings. The van der Waals surface area contributed by atoms with Crippen molar-refractivity contribution in [3.05, 3.63) is 28.3 Å². The molecule has 0 radical (unpaired) electrons. The molecule has 0 spiro atoms. The lowest BCUT2D eigenvalue weighted by Gasteiger charge is -2.30. The van der Waals surface area contributed by atoms with E-state index in [9.17, 15) is 23.3 Å². The van der Waals surface area contributed by atoms with Crippen molar-refractivity contribution < 1.29 is 22.9 Å². The quantitative estimate of drug-likeness (QED) is 0.308. The highest BCUT2D eigenvalue weighted by Gasteiger charge is 2.30. The number of sulfonamides is 1. The van der Waals surface area contributed by atoms with Gasteiger partial charge in [0.2, 0.25) is 10.0 Å². The Bertz CT molecular complexity index is 796. The number of hydrogen-bond acceptors (Lipinski definition) is 7. The fraction of sp³-hybridized carbons (Fsp3) is 0.588. The molecule has 27 heavy (non-hydrogen) atoms. The second-order valence-electron chi connectivity index (χ2n) is 6.65. The molecule has 1 aliphatic heterocycles. The predicted octanol–water partition coefficient (Wildman–Crippen LogP) is 2.38. The Hall–Kier alpha value is -2.20. The molecular formula is C17H25N3O6S. The SMILES string of the molecule is COC(=O)CCCNc1ccc(S(=O)(=O)N2CCC[C@H](C)C2)cc1[N+](=O)[O-]. The van der Waals surface area contributed by atoms with E-state index < -0.39 is 14.9 Å². The molecular weight excluding hydrogens is 374 g/mol. The summed E-state index contributed by atoms with van der Waals surface area (Å²) in [5.74, 6) is -0.0947. The van der Waals surface area contributed by atoms with E-state index >= 15 is 0 Å². The number of piperidine rings is 1. The summed E-state index contributed by atoms with van der Waals surface area (Å²) in [4.78, 5) is 21.8. The van der Waals surface area contributed by atoms with Crippen molar-refractivity contribution in [3.8, 4) is 0 Å². The van der Waals surface area contributed by atoms with Crippen LogP contribution < -0.4 is 5.32 Å². The van der Waals surface area contributed by atoms with Crippen LogP contribution in [-0.2, 0) is 19.6 Å². The van der Waals surface area contributed by atoms with Crippen LogP contribution >= 0.6 is 0 Å². The van der Waals surface area contributed by atoms with Crippen LogP contribution in [0.15, 0.2) is 23.1 Å². The average Bonchev–Trinajstić information content (AvgIpc) is 2.64. The first kappa shape index (κ1) is 21.1. The third-order valence-corrected chi connectivity index (χ3v) is 6.39. The fourth-order valence-electron chi connectivity index (χ4n) is 3.04. The lowest BCUT2D eigenvalue weighted by molar-refractivity contribution is -0.384. The van der Waals surface area contributed by atoms with Crippen LogP contribution in [-0.4, -0.2) is 50.4 Å². The zero-order valence-electron chi connectivity index (χ0n) is 15.5. The molecule has 1 atom stereocenters. The summed E-state index contributed by atoms with van der Waals surface area (Å²) in [6.45, 7) is 3.16. The number of nitrogens with one attached hydrogen (secondary N) is 1. The number of rotatable bonds is 8. The van der Waals surface area contributed by atoms with Gasteiger partial charge in [-0.1, -0.05) is 6.92 Å². The van der Waals surface area contributed by atoms with Gasteiger partial charge in [-0.05, 0) is 37.3 Å². The van der Waals surface area contributed by atoms with Gasteiger partial charge in [0.15, 0.2) is 0 Å². The average molecular weight is 399 g/mol. The minimum absolute atomic E-state index is 0.0802. The number of benzene rings is 1. The summed E-state index contributed by atoms with van der Waals surface area (Å²) in [5.41, 5.74) is -0.0879. The molecule has 1 fully saturated rings. The van der Waals surface area contributed by atoms with Crippen LogP contribution in [0.3, 0.4) is 0 Å². The Kier molecular flexibility index (Phi) is 7.14. The van der Waals surface area contributed by atoms with Crippen molar-refractivity contribution in [2.75, 3.05) is 32.1 Å².